The molecule has 2 N–H and O–H groups in total. The molecule has 29 heavy (non-hydrogen) atoms. The number of carbonyl (C=O) groups is 1. The number of carbonyl (C=O) groups excluding carboxylic acids is 1. The average molecular weight is 460 g/mol. The quantitative estimate of drug-likeness (QED) is 0.641. The maximum atomic E-state index is 13.4. The van der Waals surface area contributed by atoms with Crippen LogP contribution in [0.3, 0.4) is 0 Å². The highest BCUT2D eigenvalue weighted by Gasteiger charge is 2.52. The van der Waals surface area contributed by atoms with Crippen LogP contribution in [0.5, 0.6) is 0 Å². The molecule has 2 unspecified atom stereocenters. The van der Waals surface area contributed by atoms with Crippen LogP contribution in [0.25, 0.3) is 0 Å². The van der Waals surface area contributed by atoms with Gasteiger partial charge in [0.15, 0.2) is 0 Å². The summed E-state index contributed by atoms with van der Waals surface area (Å²) in [4.78, 5) is 14.9. The Morgan fingerprint density at radius 2 is 1.97 bits per heavy atom. The number of halogens is 2. The molecule has 1 saturated heterocycles. The molecule has 2 fully saturated rings. The van der Waals surface area contributed by atoms with Gasteiger partial charge in [0.25, 0.3) is 0 Å². The van der Waals surface area contributed by atoms with Gasteiger partial charge in [-0.3, -0.25) is 15.6 Å². The normalized spacial score (nSPS) is 22.4. The average Bonchev–Trinajstić information content (AvgIpc) is 3.39. The first kappa shape index (κ1) is 20.5. The lowest BCUT2D eigenvalue weighted by Crippen LogP contribution is -2.38. The second-order valence-electron chi connectivity index (χ2n) is 8.29. The number of benzene rings is 2. The van der Waals surface area contributed by atoms with Gasteiger partial charge in [-0.2, -0.15) is 0 Å². The summed E-state index contributed by atoms with van der Waals surface area (Å²) in [5, 5.41) is 0. The number of amides is 1. The summed E-state index contributed by atoms with van der Waals surface area (Å²) < 4.78 is 14.5. The SMILES string of the molecule is CN(CCCC1CC(c2cccc(F)c2)NN1)C(=O)C1(c2ccc(Br)cc2)CC1. The van der Waals surface area contributed by atoms with Gasteiger partial charge in [-0.1, -0.05) is 40.2 Å². The molecule has 4 nitrogen and oxygen atoms in total. The number of rotatable bonds is 7. The first-order valence-corrected chi connectivity index (χ1v) is 11.1. The lowest BCUT2D eigenvalue weighted by atomic mass is 9.94. The minimum Gasteiger partial charge on any atom is -0.345 e. The molecule has 2 aromatic carbocycles. The van der Waals surface area contributed by atoms with E-state index >= 15 is 0 Å². The van der Waals surface area contributed by atoms with Crippen LogP contribution >= 0.6 is 15.9 Å². The Labute approximate surface area is 180 Å². The molecular formula is C23H27BrFN3O. The van der Waals surface area contributed by atoms with E-state index in [2.05, 4.69) is 38.9 Å². The molecule has 1 heterocycles. The van der Waals surface area contributed by atoms with Gasteiger partial charge in [0.1, 0.15) is 5.82 Å². The standard InChI is InChI=1S/C23H27BrFN3O/c1-28(22(29)23(11-12-23)17-7-9-18(24)10-8-17)13-3-6-20-15-21(27-26-20)16-4-2-5-19(25)14-16/h2,4-5,7-10,14,20-21,26-27H,3,6,11-13,15H2,1H3. The highest BCUT2D eigenvalue weighted by atomic mass is 79.9. The maximum Gasteiger partial charge on any atom is 0.232 e. The summed E-state index contributed by atoms with van der Waals surface area (Å²) in [5.74, 6) is 0.0302. The van der Waals surface area contributed by atoms with E-state index in [1.807, 2.05) is 30.1 Å². The number of nitrogens with one attached hydrogen (secondary N) is 2. The van der Waals surface area contributed by atoms with Crippen molar-refractivity contribution in [1.82, 2.24) is 15.8 Å². The Morgan fingerprint density at radius 1 is 1.21 bits per heavy atom. The van der Waals surface area contributed by atoms with Crippen LogP contribution in [0.2, 0.25) is 0 Å². The fourth-order valence-corrected chi connectivity index (χ4v) is 4.58. The van der Waals surface area contributed by atoms with Gasteiger partial charge in [0.05, 0.1) is 5.41 Å². The second kappa shape index (κ2) is 8.54. The number of hydrazine groups is 1. The molecule has 0 aromatic heterocycles. The molecule has 0 radical (unpaired) electrons. The van der Waals surface area contributed by atoms with E-state index in [9.17, 15) is 9.18 Å². The zero-order chi connectivity index (χ0) is 20.4. The largest absolute Gasteiger partial charge is 0.345 e. The summed E-state index contributed by atoms with van der Waals surface area (Å²) in [6, 6.07) is 15.4. The number of nitrogens with zero attached hydrogens (tertiary/aromatic N) is 1. The smallest absolute Gasteiger partial charge is 0.232 e. The van der Waals surface area contributed by atoms with Crippen molar-refractivity contribution >= 4 is 21.8 Å². The predicted molar refractivity (Wildman–Crippen MR) is 116 cm³/mol. The van der Waals surface area contributed by atoms with E-state index in [0.29, 0.717) is 6.04 Å². The Morgan fingerprint density at radius 3 is 2.66 bits per heavy atom. The van der Waals surface area contributed by atoms with E-state index < -0.39 is 0 Å². The number of likely N-dealkylation sites (N-methyl/N-ethyl adjacent to an activating group) is 1. The van der Waals surface area contributed by atoms with Crippen molar-refractivity contribution in [2.75, 3.05) is 13.6 Å². The van der Waals surface area contributed by atoms with Gasteiger partial charge in [-0.15, -0.1) is 0 Å². The summed E-state index contributed by atoms with van der Waals surface area (Å²) in [6.45, 7) is 0.750. The summed E-state index contributed by atoms with van der Waals surface area (Å²) >= 11 is 3.46. The van der Waals surface area contributed by atoms with Crippen molar-refractivity contribution in [2.24, 2.45) is 0 Å². The maximum absolute atomic E-state index is 13.4. The third kappa shape index (κ3) is 4.55. The Balaban J connectivity index is 1.26. The lowest BCUT2D eigenvalue weighted by Gasteiger charge is -2.24. The second-order valence-corrected chi connectivity index (χ2v) is 9.20. The van der Waals surface area contributed by atoms with Crippen LogP contribution in [-0.2, 0) is 10.2 Å². The van der Waals surface area contributed by atoms with E-state index in [0.717, 1.165) is 54.2 Å². The Kier molecular flexibility index (Phi) is 6.04. The molecule has 2 aliphatic rings. The van der Waals surface area contributed by atoms with Gasteiger partial charge in [0.2, 0.25) is 5.91 Å². The summed E-state index contributed by atoms with van der Waals surface area (Å²) in [6.07, 6.45) is 4.70. The van der Waals surface area contributed by atoms with Crippen LogP contribution < -0.4 is 10.9 Å². The van der Waals surface area contributed by atoms with Crippen molar-refractivity contribution in [3.05, 3.63) is 69.9 Å². The molecule has 2 atom stereocenters. The molecule has 1 aliphatic heterocycles. The minimum absolute atomic E-state index is 0.127. The van der Waals surface area contributed by atoms with Crippen LogP contribution in [0.15, 0.2) is 53.0 Å². The summed E-state index contributed by atoms with van der Waals surface area (Å²) in [5.41, 5.74) is 8.37. The van der Waals surface area contributed by atoms with Gasteiger partial charge in [-0.05, 0) is 67.5 Å². The van der Waals surface area contributed by atoms with Crippen LogP contribution in [0.4, 0.5) is 4.39 Å². The molecule has 1 amide bonds. The van der Waals surface area contributed by atoms with Crippen molar-refractivity contribution < 1.29 is 9.18 Å². The third-order valence-electron chi connectivity index (χ3n) is 6.18. The molecule has 2 aromatic rings. The van der Waals surface area contributed by atoms with E-state index in [1.54, 1.807) is 12.1 Å². The van der Waals surface area contributed by atoms with Crippen LogP contribution in [-0.4, -0.2) is 30.4 Å². The monoisotopic (exact) mass is 459 g/mol. The molecule has 154 valence electrons. The molecule has 1 aliphatic carbocycles. The van der Waals surface area contributed by atoms with Gasteiger partial charge in [0, 0.05) is 30.1 Å². The van der Waals surface area contributed by atoms with Crippen LogP contribution in [0.1, 0.15) is 49.3 Å². The fraction of sp³-hybridized carbons (Fsp3) is 0.435. The lowest BCUT2D eigenvalue weighted by molar-refractivity contribution is -0.132. The minimum atomic E-state index is -0.314. The predicted octanol–water partition coefficient (Wildman–Crippen LogP) is 4.47. The van der Waals surface area contributed by atoms with Crippen molar-refractivity contribution in [3.63, 3.8) is 0 Å². The number of hydrogen-bond donors (Lipinski definition) is 2. The molecule has 4 rings (SSSR count). The van der Waals surface area contributed by atoms with Crippen molar-refractivity contribution in [1.29, 1.82) is 0 Å². The molecule has 0 spiro atoms. The van der Waals surface area contributed by atoms with Crippen LogP contribution in [0, 0.1) is 5.82 Å². The first-order chi connectivity index (χ1) is 14.0. The third-order valence-corrected chi connectivity index (χ3v) is 6.71. The molecule has 0 bridgehead atoms. The van der Waals surface area contributed by atoms with Gasteiger partial charge >= 0.3 is 0 Å². The van der Waals surface area contributed by atoms with Crippen molar-refractivity contribution in [3.8, 4) is 0 Å². The Hall–Kier alpha value is -1.76. The van der Waals surface area contributed by atoms with Crippen molar-refractivity contribution in [2.45, 2.75) is 49.6 Å². The topological polar surface area (TPSA) is 44.4 Å². The van der Waals surface area contributed by atoms with E-state index in [1.165, 1.54) is 6.07 Å². The molecule has 1 saturated carbocycles. The first-order valence-electron chi connectivity index (χ1n) is 10.3. The zero-order valence-corrected chi connectivity index (χ0v) is 18.2. The van der Waals surface area contributed by atoms with Gasteiger partial charge in [-0.25, -0.2) is 4.39 Å². The summed E-state index contributed by atoms with van der Waals surface area (Å²) in [7, 11) is 1.91. The molecule has 6 heteroatoms. The highest BCUT2D eigenvalue weighted by molar-refractivity contribution is 9.10. The highest BCUT2D eigenvalue weighted by Crippen LogP contribution is 2.49. The van der Waals surface area contributed by atoms with E-state index in [4.69, 9.17) is 0 Å². The Bertz CT molecular complexity index is 869. The number of hydrogen-bond acceptors (Lipinski definition) is 3. The van der Waals surface area contributed by atoms with E-state index in [-0.39, 0.29) is 23.2 Å². The van der Waals surface area contributed by atoms with Gasteiger partial charge < -0.3 is 4.90 Å². The fourth-order valence-electron chi connectivity index (χ4n) is 4.32. The zero-order valence-electron chi connectivity index (χ0n) is 16.6. The molecular weight excluding hydrogens is 433 g/mol.